The molecule has 0 atom stereocenters. The van der Waals surface area contributed by atoms with Crippen molar-refractivity contribution in [1.29, 1.82) is 0 Å². The van der Waals surface area contributed by atoms with Crippen molar-refractivity contribution in [1.82, 2.24) is 4.98 Å². The zero-order valence-corrected chi connectivity index (χ0v) is 33.7. The minimum Gasteiger partial charge on any atom is -0.504 e. The molecular weight excluding hydrogens is 721 g/mol. The van der Waals surface area contributed by atoms with Gasteiger partial charge in [0, 0.05) is 16.6 Å². The van der Waals surface area contributed by atoms with Gasteiger partial charge >= 0.3 is 0 Å². The topological polar surface area (TPSA) is 117 Å². The van der Waals surface area contributed by atoms with Crippen molar-refractivity contribution < 1.29 is 25.5 Å². The fourth-order valence-electron chi connectivity index (χ4n) is 6.57. The highest BCUT2D eigenvalue weighted by atomic mass is 16.4. The van der Waals surface area contributed by atoms with Gasteiger partial charge in [0.1, 0.15) is 0 Å². The van der Waals surface area contributed by atoms with Gasteiger partial charge in [-0.05, 0) is 63.5 Å². The summed E-state index contributed by atoms with van der Waals surface area (Å²) in [5.41, 5.74) is 9.03. The van der Waals surface area contributed by atoms with Gasteiger partial charge < -0.3 is 30.4 Å². The summed E-state index contributed by atoms with van der Waals surface area (Å²) in [4.78, 5) is 7.14. The van der Waals surface area contributed by atoms with E-state index in [-0.39, 0.29) is 5.56 Å². The number of phenolic OH excluding ortho intramolecular Hbond substituents is 5. The van der Waals surface area contributed by atoms with Gasteiger partial charge in [0.2, 0.25) is 17.2 Å². The molecule has 1 aromatic heterocycles. The van der Waals surface area contributed by atoms with E-state index in [0.717, 1.165) is 61.3 Å². The molecule has 0 amide bonds. The van der Waals surface area contributed by atoms with Crippen LogP contribution in [0.25, 0.3) is 55.4 Å². The van der Waals surface area contributed by atoms with Crippen molar-refractivity contribution in [3.8, 4) is 73.4 Å². The summed E-state index contributed by atoms with van der Waals surface area (Å²) in [6.07, 6.45) is 1.90. The monoisotopic (exact) mass is 770 g/mol. The minimum atomic E-state index is -0.990. The van der Waals surface area contributed by atoms with Crippen molar-refractivity contribution in [2.75, 3.05) is 4.90 Å². The molecule has 0 aliphatic rings. The minimum absolute atomic E-state index is 0.188. The first-order chi connectivity index (χ1) is 28.4. The van der Waals surface area contributed by atoms with E-state index >= 15 is 0 Å². The Morgan fingerprint density at radius 1 is 0.362 bits per heavy atom. The molecule has 0 saturated heterocycles. The fourth-order valence-corrected chi connectivity index (χ4v) is 6.57. The van der Waals surface area contributed by atoms with E-state index in [9.17, 15) is 25.5 Å². The van der Waals surface area contributed by atoms with Crippen molar-refractivity contribution in [3.05, 3.63) is 164 Å². The normalized spacial score (nSPS) is 10.2. The van der Waals surface area contributed by atoms with Crippen LogP contribution in [0, 0.1) is 0 Å². The number of rotatable bonds is 7. The number of fused-ring (bicyclic) bond motifs is 1. The van der Waals surface area contributed by atoms with E-state index in [0.29, 0.717) is 5.56 Å². The van der Waals surface area contributed by atoms with Gasteiger partial charge in [-0.3, -0.25) is 4.98 Å². The van der Waals surface area contributed by atoms with Crippen LogP contribution in [0.2, 0.25) is 0 Å². The van der Waals surface area contributed by atoms with Gasteiger partial charge in [0.25, 0.3) is 0 Å². The first kappa shape index (κ1) is 41.9. The van der Waals surface area contributed by atoms with Gasteiger partial charge in [-0.25, -0.2) is 0 Å². The third-order valence-corrected chi connectivity index (χ3v) is 9.30. The second kappa shape index (κ2) is 19.6. The van der Waals surface area contributed by atoms with Crippen molar-refractivity contribution >= 4 is 27.8 Å². The Morgan fingerprint density at radius 3 is 1.34 bits per heavy atom. The third-order valence-electron chi connectivity index (χ3n) is 9.30. The molecule has 0 fully saturated rings. The molecule has 7 nitrogen and oxygen atoms in total. The van der Waals surface area contributed by atoms with Gasteiger partial charge in [-0.15, -0.1) is 0 Å². The lowest BCUT2D eigenvalue weighted by Gasteiger charge is -2.27. The molecular formula is C51H50N2O5. The van der Waals surface area contributed by atoms with E-state index < -0.39 is 28.7 Å². The molecule has 0 spiro atoms. The second-order valence-corrected chi connectivity index (χ2v) is 12.4. The summed E-state index contributed by atoms with van der Waals surface area (Å²) in [6.45, 7) is 12.0. The Bertz CT molecular complexity index is 2500. The average Bonchev–Trinajstić information content (AvgIpc) is 3.31. The van der Waals surface area contributed by atoms with E-state index in [1.54, 1.807) is 24.3 Å². The Balaban J connectivity index is 0.00000102. The highest BCUT2D eigenvalue weighted by Gasteiger charge is 2.24. The quantitative estimate of drug-likeness (QED) is 0.0809. The summed E-state index contributed by atoms with van der Waals surface area (Å²) in [6, 6.07) is 52.6. The van der Waals surface area contributed by atoms with E-state index in [1.807, 2.05) is 96.3 Å². The summed E-state index contributed by atoms with van der Waals surface area (Å²) >= 11 is 0. The number of benzene rings is 7. The van der Waals surface area contributed by atoms with Crippen LogP contribution in [-0.4, -0.2) is 30.5 Å². The molecule has 0 unspecified atom stereocenters. The number of pyridine rings is 1. The molecule has 5 N–H and O–H groups in total. The summed E-state index contributed by atoms with van der Waals surface area (Å²) in [7, 11) is 0. The lowest BCUT2D eigenvalue weighted by Crippen LogP contribution is -2.10. The van der Waals surface area contributed by atoms with Crippen LogP contribution < -0.4 is 4.90 Å². The maximum absolute atomic E-state index is 10.3. The van der Waals surface area contributed by atoms with Crippen LogP contribution in [0.5, 0.6) is 28.7 Å². The van der Waals surface area contributed by atoms with Crippen molar-refractivity contribution in [3.63, 3.8) is 0 Å². The van der Waals surface area contributed by atoms with E-state index in [2.05, 4.69) is 89.8 Å². The first-order valence-corrected chi connectivity index (χ1v) is 19.7. The number of aromatic hydroxyl groups is 5. The van der Waals surface area contributed by atoms with Crippen LogP contribution in [0.1, 0.15) is 41.5 Å². The molecule has 0 saturated carbocycles. The van der Waals surface area contributed by atoms with E-state index in [1.165, 1.54) is 0 Å². The zero-order valence-electron chi connectivity index (χ0n) is 33.7. The van der Waals surface area contributed by atoms with Crippen LogP contribution in [-0.2, 0) is 0 Å². The highest BCUT2D eigenvalue weighted by Crippen LogP contribution is 2.54. The van der Waals surface area contributed by atoms with Crippen molar-refractivity contribution in [2.24, 2.45) is 0 Å². The number of hydrogen-bond donors (Lipinski definition) is 5. The van der Waals surface area contributed by atoms with Gasteiger partial charge in [0.15, 0.2) is 11.5 Å². The Hall–Kier alpha value is -7.25. The molecule has 58 heavy (non-hydrogen) atoms. The summed E-state index contributed by atoms with van der Waals surface area (Å²) < 4.78 is 0. The Morgan fingerprint density at radius 2 is 0.793 bits per heavy atom. The van der Waals surface area contributed by atoms with Crippen LogP contribution >= 0.6 is 0 Å². The number of aromatic nitrogens is 1. The summed E-state index contributed by atoms with van der Waals surface area (Å²) in [5.74, 6) is -4.28. The molecule has 0 aliphatic heterocycles. The van der Waals surface area contributed by atoms with Crippen LogP contribution in [0.3, 0.4) is 0 Å². The highest BCUT2D eigenvalue weighted by molar-refractivity contribution is 5.99. The fraction of sp³-hybridized carbons (Fsp3) is 0.118. The third kappa shape index (κ3) is 8.59. The molecule has 1 heterocycles. The van der Waals surface area contributed by atoms with E-state index in [4.69, 9.17) is 4.98 Å². The molecule has 0 radical (unpaired) electrons. The predicted octanol–water partition coefficient (Wildman–Crippen LogP) is 14.0. The lowest BCUT2D eigenvalue weighted by molar-refractivity contribution is 0.330. The number of anilines is 3. The van der Waals surface area contributed by atoms with Gasteiger partial charge in [-0.2, -0.15) is 0 Å². The zero-order chi connectivity index (χ0) is 41.8. The molecule has 7 aromatic carbocycles. The van der Waals surface area contributed by atoms with Crippen LogP contribution in [0.4, 0.5) is 17.1 Å². The maximum atomic E-state index is 10.3. The smallest absolute Gasteiger partial charge is 0.208 e. The van der Waals surface area contributed by atoms with Gasteiger partial charge in [0.05, 0.1) is 28.8 Å². The average molecular weight is 771 g/mol. The second-order valence-electron chi connectivity index (χ2n) is 12.4. The summed E-state index contributed by atoms with van der Waals surface area (Å²) in [5, 5.41) is 52.6. The molecule has 8 rings (SSSR count). The Labute approximate surface area is 341 Å². The lowest BCUT2D eigenvalue weighted by atomic mass is 9.97. The molecule has 294 valence electrons. The predicted molar refractivity (Wildman–Crippen MR) is 241 cm³/mol. The molecule has 7 heteroatoms. The number of hydrogen-bond acceptors (Lipinski definition) is 7. The number of phenols is 5. The first-order valence-electron chi connectivity index (χ1n) is 19.7. The van der Waals surface area contributed by atoms with Crippen LogP contribution in [0.15, 0.2) is 164 Å². The Kier molecular flexibility index (Phi) is 14.1. The molecule has 0 aliphatic carbocycles. The standard InChI is InChI=1S/C45H32N2O5.3C2H6/c48-41-40(42(49)44(51)45(52)43(41)50)34-19-15-30(16-20-34)29-13-17-33(18-14-29)38-26-25-36(27-46-38)47(39-12-6-10-32-9-4-5-11-37(32)39)35-23-21-31(22-24-35)28-7-2-1-3-8-28;3*1-2/h1-27,48-52H;3*1-2H3. The SMILES string of the molecule is CC.CC.CC.Oc1c(O)c(O)c(-c2ccc(-c3ccc(-c4ccc(N(c5ccc(-c6ccccc6)cc5)c5cccc6ccccc56)cn4)cc3)cc2)c(O)c1O. The molecule has 8 aromatic rings. The largest absolute Gasteiger partial charge is 0.504 e. The van der Waals surface area contributed by atoms with Crippen molar-refractivity contribution in [2.45, 2.75) is 41.5 Å². The molecule has 0 bridgehead atoms. The maximum Gasteiger partial charge on any atom is 0.208 e. The van der Waals surface area contributed by atoms with Gasteiger partial charge in [-0.1, -0.05) is 169 Å². The number of nitrogens with zero attached hydrogens (tertiary/aromatic N) is 2.